The molecule has 2 aliphatic heterocycles. The lowest BCUT2D eigenvalue weighted by Crippen LogP contribution is -2.50. The van der Waals surface area contributed by atoms with Crippen molar-refractivity contribution in [2.75, 3.05) is 26.2 Å². The van der Waals surface area contributed by atoms with E-state index in [4.69, 9.17) is 0 Å². The summed E-state index contributed by atoms with van der Waals surface area (Å²) < 4.78 is 0. The molecule has 2 N–H and O–H groups in total. The number of likely N-dealkylation sites (tertiary alicyclic amines) is 1. The molecule has 0 radical (unpaired) electrons. The van der Waals surface area contributed by atoms with Crippen molar-refractivity contribution in [3.05, 3.63) is 0 Å². The van der Waals surface area contributed by atoms with Crippen LogP contribution in [0, 0.1) is 11.8 Å². The number of rotatable bonds is 6. The molecule has 0 spiro atoms. The highest BCUT2D eigenvalue weighted by Gasteiger charge is 2.34. The van der Waals surface area contributed by atoms with Gasteiger partial charge in [0.1, 0.15) is 6.04 Å². The maximum Gasteiger partial charge on any atom is 0.243 e. The van der Waals surface area contributed by atoms with Gasteiger partial charge in [-0.3, -0.25) is 9.59 Å². The number of amides is 2. The van der Waals surface area contributed by atoms with Gasteiger partial charge in [-0.05, 0) is 44.2 Å². The van der Waals surface area contributed by atoms with Crippen molar-refractivity contribution < 1.29 is 9.59 Å². The van der Waals surface area contributed by atoms with Crippen LogP contribution in [-0.4, -0.2) is 48.9 Å². The maximum absolute atomic E-state index is 12.4. The molecular weight excluding hydrogens is 254 g/mol. The van der Waals surface area contributed by atoms with Gasteiger partial charge in [0.05, 0.1) is 0 Å². The van der Waals surface area contributed by atoms with E-state index in [1.807, 2.05) is 13.8 Å². The van der Waals surface area contributed by atoms with Crippen molar-refractivity contribution in [3.63, 3.8) is 0 Å². The normalized spacial score (nSPS) is 24.4. The summed E-state index contributed by atoms with van der Waals surface area (Å²) in [6, 6.07) is -0.299. The Morgan fingerprint density at radius 1 is 1.50 bits per heavy atom. The summed E-state index contributed by atoms with van der Waals surface area (Å²) in [5, 5.41) is 6.36. The van der Waals surface area contributed by atoms with Gasteiger partial charge < -0.3 is 15.5 Å². The molecule has 2 aliphatic rings. The molecule has 5 nitrogen and oxygen atoms in total. The van der Waals surface area contributed by atoms with Crippen molar-refractivity contribution in [1.82, 2.24) is 15.5 Å². The Morgan fingerprint density at radius 3 is 2.85 bits per heavy atom. The Morgan fingerprint density at radius 2 is 2.30 bits per heavy atom. The van der Waals surface area contributed by atoms with Crippen LogP contribution in [0.4, 0.5) is 0 Å². The Labute approximate surface area is 121 Å². The summed E-state index contributed by atoms with van der Waals surface area (Å²) in [5.41, 5.74) is 0. The van der Waals surface area contributed by atoms with Gasteiger partial charge in [-0.25, -0.2) is 0 Å². The van der Waals surface area contributed by atoms with E-state index in [0.717, 1.165) is 39.0 Å². The minimum Gasteiger partial charge on any atom is -0.354 e. The quantitative estimate of drug-likeness (QED) is 0.755. The highest BCUT2D eigenvalue weighted by Crippen LogP contribution is 2.19. The summed E-state index contributed by atoms with van der Waals surface area (Å²) in [5.74, 6) is 0.978. The van der Waals surface area contributed by atoms with Crippen LogP contribution in [0.5, 0.6) is 0 Å². The zero-order valence-electron chi connectivity index (χ0n) is 12.7. The van der Waals surface area contributed by atoms with E-state index in [0.29, 0.717) is 12.3 Å². The highest BCUT2D eigenvalue weighted by atomic mass is 16.2. The fraction of sp³-hybridized carbons (Fsp3) is 0.867. The van der Waals surface area contributed by atoms with Crippen LogP contribution < -0.4 is 10.6 Å². The zero-order valence-corrected chi connectivity index (χ0v) is 12.7. The Hall–Kier alpha value is -1.10. The van der Waals surface area contributed by atoms with Crippen LogP contribution >= 0.6 is 0 Å². The molecule has 20 heavy (non-hydrogen) atoms. The summed E-state index contributed by atoms with van der Waals surface area (Å²) in [6.07, 6.45) is 3.69. The summed E-state index contributed by atoms with van der Waals surface area (Å²) in [6.45, 7) is 7.62. The molecule has 2 fully saturated rings. The molecule has 2 heterocycles. The van der Waals surface area contributed by atoms with Crippen LogP contribution in [0.25, 0.3) is 0 Å². The third kappa shape index (κ3) is 3.72. The van der Waals surface area contributed by atoms with Gasteiger partial charge in [0.15, 0.2) is 0 Å². The zero-order chi connectivity index (χ0) is 14.5. The summed E-state index contributed by atoms with van der Waals surface area (Å²) in [7, 11) is 0. The number of nitrogens with zero attached hydrogens (tertiary/aromatic N) is 1. The largest absolute Gasteiger partial charge is 0.354 e. The first-order chi connectivity index (χ1) is 9.59. The average Bonchev–Trinajstić information content (AvgIpc) is 3.02. The average molecular weight is 281 g/mol. The number of carbonyl (C=O) groups excluding carboxylic acids is 2. The third-order valence-electron chi connectivity index (χ3n) is 4.36. The fourth-order valence-electron chi connectivity index (χ4n) is 3.23. The molecule has 0 bridgehead atoms. The molecule has 2 amide bonds. The molecule has 2 atom stereocenters. The predicted octanol–water partition coefficient (Wildman–Crippen LogP) is 0.749. The topological polar surface area (TPSA) is 61.4 Å². The van der Waals surface area contributed by atoms with Gasteiger partial charge >= 0.3 is 0 Å². The second-order valence-corrected chi connectivity index (χ2v) is 6.32. The predicted molar refractivity (Wildman–Crippen MR) is 78.2 cm³/mol. The molecular formula is C15H27N3O2. The number of hydrogen-bond acceptors (Lipinski definition) is 3. The van der Waals surface area contributed by atoms with Gasteiger partial charge in [-0.2, -0.15) is 0 Å². The molecule has 114 valence electrons. The highest BCUT2D eigenvalue weighted by molar-refractivity contribution is 5.88. The minimum absolute atomic E-state index is 0.0150. The molecule has 0 aromatic carbocycles. The second-order valence-electron chi connectivity index (χ2n) is 6.32. The van der Waals surface area contributed by atoms with Gasteiger partial charge in [-0.15, -0.1) is 0 Å². The van der Waals surface area contributed by atoms with Crippen LogP contribution in [0.1, 0.15) is 39.5 Å². The van der Waals surface area contributed by atoms with E-state index in [1.165, 1.54) is 6.42 Å². The van der Waals surface area contributed by atoms with Crippen molar-refractivity contribution in [3.8, 4) is 0 Å². The Kier molecular flexibility index (Phi) is 5.40. The Bertz CT molecular complexity index is 351. The van der Waals surface area contributed by atoms with Crippen LogP contribution in [0.2, 0.25) is 0 Å². The molecule has 2 unspecified atom stereocenters. The van der Waals surface area contributed by atoms with E-state index in [9.17, 15) is 9.59 Å². The van der Waals surface area contributed by atoms with Gasteiger partial charge in [0.25, 0.3) is 0 Å². The summed E-state index contributed by atoms with van der Waals surface area (Å²) in [4.78, 5) is 26.0. The van der Waals surface area contributed by atoms with Gasteiger partial charge in [-0.1, -0.05) is 13.8 Å². The SMILES string of the molecule is CC(C)C(C(=O)NCCC1CCNC1)N1CCCC1=O. The Balaban J connectivity index is 1.82. The van der Waals surface area contributed by atoms with E-state index >= 15 is 0 Å². The van der Waals surface area contributed by atoms with E-state index in [1.54, 1.807) is 4.90 Å². The van der Waals surface area contributed by atoms with Crippen molar-refractivity contribution in [2.45, 2.75) is 45.6 Å². The van der Waals surface area contributed by atoms with Crippen LogP contribution in [0.15, 0.2) is 0 Å². The molecule has 5 heteroatoms. The monoisotopic (exact) mass is 281 g/mol. The molecule has 2 rings (SSSR count). The first-order valence-electron chi connectivity index (χ1n) is 7.87. The van der Waals surface area contributed by atoms with Gasteiger partial charge in [0, 0.05) is 19.5 Å². The van der Waals surface area contributed by atoms with Crippen molar-refractivity contribution in [2.24, 2.45) is 11.8 Å². The van der Waals surface area contributed by atoms with Crippen molar-refractivity contribution in [1.29, 1.82) is 0 Å². The van der Waals surface area contributed by atoms with E-state index < -0.39 is 0 Å². The third-order valence-corrected chi connectivity index (χ3v) is 4.36. The molecule has 0 aromatic rings. The molecule has 0 aliphatic carbocycles. The standard InChI is InChI=1S/C15H27N3O2/c1-11(2)14(18-9-3-4-13(18)19)15(20)17-8-6-12-5-7-16-10-12/h11-12,14,16H,3-10H2,1-2H3,(H,17,20). The smallest absolute Gasteiger partial charge is 0.243 e. The number of nitrogens with one attached hydrogen (secondary N) is 2. The maximum atomic E-state index is 12.4. The van der Waals surface area contributed by atoms with Crippen molar-refractivity contribution >= 4 is 11.8 Å². The first-order valence-corrected chi connectivity index (χ1v) is 7.87. The summed E-state index contributed by atoms with van der Waals surface area (Å²) >= 11 is 0. The lowest BCUT2D eigenvalue weighted by Gasteiger charge is -2.30. The lowest BCUT2D eigenvalue weighted by molar-refractivity contribution is -0.139. The lowest BCUT2D eigenvalue weighted by atomic mass is 10.0. The van der Waals surface area contributed by atoms with Gasteiger partial charge in [0.2, 0.25) is 11.8 Å². The molecule has 0 saturated carbocycles. The molecule has 0 aromatic heterocycles. The van der Waals surface area contributed by atoms with Crippen LogP contribution in [-0.2, 0) is 9.59 Å². The van der Waals surface area contributed by atoms with Crippen LogP contribution in [0.3, 0.4) is 0 Å². The minimum atomic E-state index is -0.299. The number of hydrogen-bond donors (Lipinski definition) is 2. The van der Waals surface area contributed by atoms with E-state index in [2.05, 4.69) is 10.6 Å². The number of carbonyl (C=O) groups is 2. The fourth-order valence-corrected chi connectivity index (χ4v) is 3.23. The van der Waals surface area contributed by atoms with E-state index in [-0.39, 0.29) is 23.8 Å². The first kappa shape index (κ1) is 15.3. The second kappa shape index (κ2) is 7.07. The molecule has 2 saturated heterocycles.